The topological polar surface area (TPSA) is 58.6 Å². The summed E-state index contributed by atoms with van der Waals surface area (Å²) >= 11 is 0. The van der Waals surface area contributed by atoms with Crippen molar-refractivity contribution in [3.63, 3.8) is 0 Å². The van der Waals surface area contributed by atoms with Crippen LogP contribution in [-0.4, -0.2) is 24.5 Å². The van der Waals surface area contributed by atoms with E-state index in [1.165, 1.54) is 13.0 Å². The van der Waals surface area contributed by atoms with Gasteiger partial charge in [0.15, 0.2) is 6.10 Å². The maximum atomic E-state index is 12.7. The van der Waals surface area contributed by atoms with Gasteiger partial charge in [-0.15, -0.1) is 0 Å². The molecule has 0 aromatic heterocycles. The zero-order valence-electron chi connectivity index (χ0n) is 14.4. The van der Waals surface area contributed by atoms with Gasteiger partial charge in [-0.2, -0.15) is 13.2 Å². The van der Waals surface area contributed by atoms with Gasteiger partial charge in [0, 0.05) is 17.8 Å². The first-order valence-electron chi connectivity index (χ1n) is 8.30. The average Bonchev–Trinajstić information content (AvgIpc) is 3.08. The van der Waals surface area contributed by atoms with Gasteiger partial charge >= 0.3 is 6.18 Å². The van der Waals surface area contributed by atoms with Crippen molar-refractivity contribution in [2.24, 2.45) is 0 Å². The zero-order valence-corrected chi connectivity index (χ0v) is 14.4. The van der Waals surface area contributed by atoms with Gasteiger partial charge in [-0.05, 0) is 43.2 Å². The number of para-hydroxylation sites is 1. The lowest BCUT2D eigenvalue weighted by Gasteiger charge is -2.21. The minimum Gasteiger partial charge on any atom is -0.309 e. The van der Waals surface area contributed by atoms with E-state index < -0.39 is 23.8 Å². The van der Waals surface area contributed by atoms with E-state index in [9.17, 15) is 22.8 Å². The van der Waals surface area contributed by atoms with E-state index in [1.54, 1.807) is 4.90 Å². The standard InChI is InChI=1S/C19H17F3N2O3/c1-12(18(26)24-10-9-13-5-2-3-8-16(13)24)27-23-17(25)14-6-4-7-15(11-14)19(20,21)22/h2-8,11-12H,9-10H2,1H3,(H,23,25)/t12-/m0/s1. The van der Waals surface area contributed by atoms with Crippen LogP contribution in [-0.2, 0) is 22.2 Å². The lowest BCUT2D eigenvalue weighted by atomic mass is 10.1. The molecule has 3 rings (SSSR count). The second-order valence-corrected chi connectivity index (χ2v) is 6.14. The number of hydrogen-bond donors (Lipinski definition) is 1. The van der Waals surface area contributed by atoms with E-state index >= 15 is 0 Å². The summed E-state index contributed by atoms with van der Waals surface area (Å²) in [6.07, 6.45) is -4.82. The summed E-state index contributed by atoms with van der Waals surface area (Å²) in [6.45, 7) is 1.98. The van der Waals surface area contributed by atoms with Gasteiger partial charge < -0.3 is 4.90 Å². The molecular weight excluding hydrogens is 361 g/mol. The van der Waals surface area contributed by atoms with Gasteiger partial charge in [0.05, 0.1) is 5.56 Å². The van der Waals surface area contributed by atoms with Crippen molar-refractivity contribution in [1.29, 1.82) is 0 Å². The first-order chi connectivity index (χ1) is 12.8. The van der Waals surface area contributed by atoms with E-state index in [4.69, 9.17) is 4.84 Å². The Labute approximate surface area is 153 Å². The Morgan fingerprint density at radius 1 is 1.15 bits per heavy atom. The highest BCUT2D eigenvalue weighted by atomic mass is 19.4. The molecule has 0 fully saturated rings. The minimum absolute atomic E-state index is 0.212. The molecule has 2 aromatic rings. The fourth-order valence-corrected chi connectivity index (χ4v) is 2.87. The number of fused-ring (bicyclic) bond motifs is 1. The third kappa shape index (κ3) is 4.11. The van der Waals surface area contributed by atoms with Crippen molar-refractivity contribution < 1.29 is 27.6 Å². The highest BCUT2D eigenvalue weighted by molar-refractivity contribution is 5.98. The molecule has 0 saturated heterocycles. The Morgan fingerprint density at radius 3 is 2.63 bits per heavy atom. The van der Waals surface area contributed by atoms with Crippen LogP contribution in [0.25, 0.3) is 0 Å². The highest BCUT2D eigenvalue weighted by Crippen LogP contribution is 2.30. The van der Waals surface area contributed by atoms with E-state index in [-0.39, 0.29) is 11.5 Å². The summed E-state index contributed by atoms with van der Waals surface area (Å²) in [5, 5.41) is 0. The molecule has 0 aliphatic carbocycles. The van der Waals surface area contributed by atoms with Crippen LogP contribution < -0.4 is 10.4 Å². The Hall–Kier alpha value is -2.87. The molecule has 0 spiro atoms. The number of carbonyl (C=O) groups excluding carboxylic acids is 2. The van der Waals surface area contributed by atoms with E-state index in [1.807, 2.05) is 24.3 Å². The molecule has 5 nitrogen and oxygen atoms in total. The smallest absolute Gasteiger partial charge is 0.309 e. The molecule has 0 unspecified atom stereocenters. The number of nitrogens with zero attached hydrogens (tertiary/aromatic N) is 1. The van der Waals surface area contributed by atoms with Gasteiger partial charge in [-0.25, -0.2) is 5.48 Å². The van der Waals surface area contributed by atoms with Gasteiger partial charge in [-0.1, -0.05) is 24.3 Å². The lowest BCUT2D eigenvalue weighted by Crippen LogP contribution is -2.41. The number of rotatable bonds is 4. The van der Waals surface area contributed by atoms with Crippen LogP contribution in [0, 0.1) is 0 Å². The van der Waals surface area contributed by atoms with Crippen LogP contribution >= 0.6 is 0 Å². The molecule has 1 aliphatic heterocycles. The number of carbonyl (C=O) groups is 2. The van der Waals surface area contributed by atoms with Crippen LogP contribution in [0.3, 0.4) is 0 Å². The van der Waals surface area contributed by atoms with Gasteiger partial charge in [0.1, 0.15) is 0 Å². The summed E-state index contributed by atoms with van der Waals surface area (Å²) in [7, 11) is 0. The first kappa shape index (κ1) is 18.9. The predicted octanol–water partition coefficient (Wildman–Crippen LogP) is 3.34. The van der Waals surface area contributed by atoms with Crippen LogP contribution in [0.2, 0.25) is 0 Å². The monoisotopic (exact) mass is 378 g/mol. The second kappa shape index (κ2) is 7.40. The first-order valence-corrected chi connectivity index (χ1v) is 8.30. The second-order valence-electron chi connectivity index (χ2n) is 6.14. The molecule has 0 saturated carbocycles. The van der Waals surface area contributed by atoms with E-state index in [0.717, 1.165) is 35.9 Å². The van der Waals surface area contributed by atoms with Crippen molar-refractivity contribution in [3.05, 3.63) is 65.2 Å². The number of anilines is 1. The molecule has 27 heavy (non-hydrogen) atoms. The summed E-state index contributed by atoms with van der Waals surface area (Å²) in [6, 6.07) is 11.4. The minimum atomic E-state index is -4.55. The highest BCUT2D eigenvalue weighted by Gasteiger charge is 2.31. The summed E-state index contributed by atoms with van der Waals surface area (Å²) in [5.41, 5.74) is 2.74. The fourth-order valence-electron chi connectivity index (χ4n) is 2.87. The number of benzene rings is 2. The Morgan fingerprint density at radius 2 is 1.89 bits per heavy atom. The molecule has 0 bridgehead atoms. The van der Waals surface area contributed by atoms with Crippen molar-refractivity contribution in [2.75, 3.05) is 11.4 Å². The number of alkyl halides is 3. The summed E-state index contributed by atoms with van der Waals surface area (Å²) < 4.78 is 38.2. The van der Waals surface area contributed by atoms with Crippen molar-refractivity contribution >= 4 is 17.5 Å². The zero-order chi connectivity index (χ0) is 19.6. The average molecular weight is 378 g/mol. The molecule has 1 N–H and O–H groups in total. The van der Waals surface area contributed by atoms with Crippen LogP contribution in [0.4, 0.5) is 18.9 Å². The number of halogens is 3. The van der Waals surface area contributed by atoms with Crippen LogP contribution in [0.5, 0.6) is 0 Å². The van der Waals surface area contributed by atoms with Crippen molar-refractivity contribution in [3.8, 4) is 0 Å². The normalized spacial score (nSPS) is 14.6. The summed E-state index contributed by atoms with van der Waals surface area (Å²) in [4.78, 5) is 31.3. The number of amides is 2. The summed E-state index contributed by atoms with van der Waals surface area (Å²) in [5.74, 6) is -1.20. The van der Waals surface area contributed by atoms with Crippen LogP contribution in [0.15, 0.2) is 48.5 Å². The lowest BCUT2D eigenvalue weighted by molar-refractivity contribution is -0.137. The molecule has 2 amide bonds. The third-order valence-electron chi connectivity index (χ3n) is 4.28. The Kier molecular flexibility index (Phi) is 5.18. The maximum absolute atomic E-state index is 12.7. The largest absolute Gasteiger partial charge is 0.416 e. The van der Waals surface area contributed by atoms with Gasteiger partial charge in [0.25, 0.3) is 11.8 Å². The number of hydroxylamine groups is 1. The van der Waals surface area contributed by atoms with E-state index in [0.29, 0.717) is 6.54 Å². The number of nitrogens with one attached hydrogen (secondary N) is 1. The molecule has 1 heterocycles. The Balaban J connectivity index is 1.62. The molecule has 0 radical (unpaired) electrons. The SMILES string of the molecule is C[C@H](ONC(=O)c1cccc(C(F)(F)F)c1)C(=O)N1CCc2ccccc21. The molecule has 8 heteroatoms. The van der Waals surface area contributed by atoms with Crippen molar-refractivity contribution in [2.45, 2.75) is 25.6 Å². The van der Waals surface area contributed by atoms with Crippen LogP contribution in [0.1, 0.15) is 28.4 Å². The molecule has 2 aromatic carbocycles. The van der Waals surface area contributed by atoms with Gasteiger partial charge in [0.2, 0.25) is 0 Å². The fraction of sp³-hybridized carbons (Fsp3) is 0.263. The predicted molar refractivity (Wildman–Crippen MR) is 92.0 cm³/mol. The maximum Gasteiger partial charge on any atom is 0.416 e. The van der Waals surface area contributed by atoms with Gasteiger partial charge in [-0.3, -0.25) is 14.4 Å². The Bertz CT molecular complexity index is 867. The third-order valence-corrected chi connectivity index (χ3v) is 4.28. The quantitative estimate of drug-likeness (QED) is 0.831. The molecule has 142 valence electrons. The van der Waals surface area contributed by atoms with E-state index in [2.05, 4.69) is 5.48 Å². The number of hydrogen-bond acceptors (Lipinski definition) is 3. The molecular formula is C19H17F3N2O3. The molecule has 1 aliphatic rings. The molecule has 1 atom stereocenters. The van der Waals surface area contributed by atoms with Crippen molar-refractivity contribution in [1.82, 2.24) is 5.48 Å².